The summed E-state index contributed by atoms with van der Waals surface area (Å²) >= 11 is 0. The van der Waals surface area contributed by atoms with E-state index in [1.54, 1.807) is 5.57 Å². The Kier molecular flexibility index (Phi) is 12.6. The average Bonchev–Trinajstić information content (AvgIpc) is 2.31. The molecule has 96 valence electrons. The van der Waals surface area contributed by atoms with Crippen LogP contribution in [0.25, 0.3) is 0 Å². The predicted octanol–water partition coefficient (Wildman–Crippen LogP) is 6.26. The van der Waals surface area contributed by atoms with Crippen LogP contribution in [0.5, 0.6) is 0 Å². The molecule has 0 aliphatic carbocycles. The molecule has 0 heterocycles. The fourth-order valence-electron chi connectivity index (χ4n) is 2.04. The van der Waals surface area contributed by atoms with Crippen LogP contribution in [-0.4, -0.2) is 0 Å². The second-order valence-corrected chi connectivity index (χ2v) is 5.07. The van der Waals surface area contributed by atoms with Gasteiger partial charge in [0.1, 0.15) is 0 Å². The van der Waals surface area contributed by atoms with Crippen LogP contribution in [0.15, 0.2) is 11.6 Å². The van der Waals surface area contributed by atoms with E-state index in [0.717, 1.165) is 0 Å². The molecular weight excluding hydrogens is 192 g/mol. The van der Waals surface area contributed by atoms with Gasteiger partial charge < -0.3 is 0 Å². The molecule has 0 saturated carbocycles. The lowest BCUT2D eigenvalue weighted by Crippen LogP contribution is -1.82. The number of allylic oxidation sites excluding steroid dienone is 2. The molecule has 0 nitrogen and oxygen atoms in total. The predicted molar refractivity (Wildman–Crippen MR) is 75.9 cm³/mol. The van der Waals surface area contributed by atoms with Crippen molar-refractivity contribution in [3.63, 3.8) is 0 Å². The van der Waals surface area contributed by atoms with Gasteiger partial charge in [-0.3, -0.25) is 0 Å². The van der Waals surface area contributed by atoms with Crippen LogP contribution in [-0.2, 0) is 0 Å². The fraction of sp³-hybridized carbons (Fsp3) is 0.875. The first-order valence-electron chi connectivity index (χ1n) is 7.43. The van der Waals surface area contributed by atoms with E-state index >= 15 is 0 Å². The third-order valence-electron chi connectivity index (χ3n) is 3.42. The minimum absolute atomic E-state index is 1.31. The monoisotopic (exact) mass is 224 g/mol. The molecule has 0 aromatic carbocycles. The molecule has 0 heteroatoms. The summed E-state index contributed by atoms with van der Waals surface area (Å²) in [6, 6.07) is 0. The first-order valence-corrected chi connectivity index (χ1v) is 7.43. The van der Waals surface area contributed by atoms with E-state index in [1.165, 1.54) is 70.6 Å². The summed E-state index contributed by atoms with van der Waals surface area (Å²) < 4.78 is 0. The Morgan fingerprint density at radius 1 is 0.750 bits per heavy atom. The summed E-state index contributed by atoms with van der Waals surface area (Å²) in [5, 5.41) is 0. The van der Waals surface area contributed by atoms with E-state index in [-0.39, 0.29) is 0 Å². The van der Waals surface area contributed by atoms with Crippen molar-refractivity contribution in [3.8, 4) is 0 Å². The van der Waals surface area contributed by atoms with Crippen molar-refractivity contribution in [1.29, 1.82) is 0 Å². The minimum atomic E-state index is 1.31. The highest BCUT2D eigenvalue weighted by Gasteiger charge is 1.93. The third kappa shape index (κ3) is 11.8. The molecule has 0 spiro atoms. The normalized spacial score (nSPS) is 12.1. The molecule has 16 heavy (non-hydrogen) atoms. The first kappa shape index (κ1) is 15.7. The number of hydrogen-bond donors (Lipinski definition) is 0. The van der Waals surface area contributed by atoms with E-state index in [0.29, 0.717) is 0 Å². The molecule has 0 aromatic heterocycles. The standard InChI is InChI=1S/C16H32/c1-4-6-7-8-9-10-11-12-13-14-15-16(3)5-2/h5H,4,6-15H2,1-3H3/b16-5+. The fourth-order valence-corrected chi connectivity index (χ4v) is 2.04. The van der Waals surface area contributed by atoms with Crippen molar-refractivity contribution in [2.45, 2.75) is 91.4 Å². The highest BCUT2D eigenvalue weighted by atomic mass is 14.0. The van der Waals surface area contributed by atoms with E-state index in [2.05, 4.69) is 26.8 Å². The maximum Gasteiger partial charge on any atom is -0.0323 e. The van der Waals surface area contributed by atoms with Gasteiger partial charge in [-0.2, -0.15) is 0 Å². The van der Waals surface area contributed by atoms with Crippen LogP contribution in [0.3, 0.4) is 0 Å². The average molecular weight is 224 g/mol. The molecule has 0 rings (SSSR count). The Hall–Kier alpha value is -0.260. The Bertz CT molecular complexity index is 155. The molecular formula is C16H32. The maximum atomic E-state index is 2.28. The van der Waals surface area contributed by atoms with Gasteiger partial charge in [0.15, 0.2) is 0 Å². The molecule has 0 radical (unpaired) electrons. The van der Waals surface area contributed by atoms with Gasteiger partial charge in [0.05, 0.1) is 0 Å². The van der Waals surface area contributed by atoms with Crippen LogP contribution in [0.1, 0.15) is 91.4 Å². The SMILES string of the molecule is C/C=C(\C)CCCCCCCCCCCC. The second kappa shape index (κ2) is 12.8. The van der Waals surface area contributed by atoms with Crippen LogP contribution < -0.4 is 0 Å². The van der Waals surface area contributed by atoms with Gasteiger partial charge in [-0.15, -0.1) is 0 Å². The van der Waals surface area contributed by atoms with Crippen molar-refractivity contribution < 1.29 is 0 Å². The smallest absolute Gasteiger partial charge is 0.0323 e. The van der Waals surface area contributed by atoms with Crippen molar-refractivity contribution >= 4 is 0 Å². The van der Waals surface area contributed by atoms with Crippen LogP contribution in [0.4, 0.5) is 0 Å². The van der Waals surface area contributed by atoms with E-state index in [9.17, 15) is 0 Å². The van der Waals surface area contributed by atoms with Gasteiger partial charge in [-0.25, -0.2) is 0 Å². The largest absolute Gasteiger partial charge is 0.0887 e. The quantitative estimate of drug-likeness (QED) is 0.287. The lowest BCUT2D eigenvalue weighted by atomic mass is 10.0. The topological polar surface area (TPSA) is 0 Å². The molecule has 0 aromatic rings. The van der Waals surface area contributed by atoms with Gasteiger partial charge >= 0.3 is 0 Å². The van der Waals surface area contributed by atoms with Crippen LogP contribution in [0, 0.1) is 0 Å². The Balaban J connectivity index is 2.99. The summed E-state index contributed by atoms with van der Waals surface area (Å²) in [5.41, 5.74) is 1.56. The minimum Gasteiger partial charge on any atom is -0.0887 e. The third-order valence-corrected chi connectivity index (χ3v) is 3.42. The van der Waals surface area contributed by atoms with Crippen LogP contribution in [0.2, 0.25) is 0 Å². The van der Waals surface area contributed by atoms with Gasteiger partial charge in [0, 0.05) is 0 Å². The Morgan fingerprint density at radius 3 is 1.62 bits per heavy atom. The summed E-state index contributed by atoms with van der Waals surface area (Å²) in [7, 11) is 0. The summed E-state index contributed by atoms with van der Waals surface area (Å²) in [6.07, 6.45) is 17.9. The zero-order valence-electron chi connectivity index (χ0n) is 11.9. The maximum absolute atomic E-state index is 2.28. The van der Waals surface area contributed by atoms with E-state index in [1.807, 2.05) is 0 Å². The zero-order chi connectivity index (χ0) is 12.1. The van der Waals surface area contributed by atoms with E-state index < -0.39 is 0 Å². The molecule has 0 aliphatic heterocycles. The van der Waals surface area contributed by atoms with Gasteiger partial charge in [-0.1, -0.05) is 76.4 Å². The molecule has 0 saturated heterocycles. The molecule has 0 bridgehead atoms. The highest BCUT2D eigenvalue weighted by molar-refractivity contribution is 4.94. The van der Waals surface area contributed by atoms with Gasteiger partial charge in [0.25, 0.3) is 0 Å². The molecule has 0 atom stereocenters. The van der Waals surface area contributed by atoms with Crippen molar-refractivity contribution in [3.05, 3.63) is 11.6 Å². The van der Waals surface area contributed by atoms with Crippen molar-refractivity contribution in [1.82, 2.24) is 0 Å². The molecule has 0 amide bonds. The molecule has 0 unspecified atom stereocenters. The molecule has 0 fully saturated rings. The van der Waals surface area contributed by atoms with Crippen LogP contribution >= 0.6 is 0 Å². The second-order valence-electron chi connectivity index (χ2n) is 5.07. The number of rotatable bonds is 11. The number of unbranched alkanes of at least 4 members (excludes halogenated alkanes) is 9. The summed E-state index contributed by atoms with van der Waals surface area (Å²) in [6.45, 7) is 6.67. The van der Waals surface area contributed by atoms with Crippen molar-refractivity contribution in [2.75, 3.05) is 0 Å². The van der Waals surface area contributed by atoms with Gasteiger partial charge in [-0.05, 0) is 26.7 Å². The number of hydrogen-bond acceptors (Lipinski definition) is 0. The lowest BCUT2D eigenvalue weighted by Gasteiger charge is -2.02. The first-order chi connectivity index (χ1) is 7.81. The zero-order valence-corrected chi connectivity index (χ0v) is 11.9. The summed E-state index contributed by atoms with van der Waals surface area (Å²) in [4.78, 5) is 0. The molecule has 0 N–H and O–H groups in total. The highest BCUT2D eigenvalue weighted by Crippen LogP contribution is 2.13. The lowest BCUT2D eigenvalue weighted by molar-refractivity contribution is 0.556. The Labute approximate surface area is 104 Å². The summed E-state index contributed by atoms with van der Waals surface area (Å²) in [5.74, 6) is 0. The van der Waals surface area contributed by atoms with Gasteiger partial charge in [0.2, 0.25) is 0 Å². The van der Waals surface area contributed by atoms with E-state index in [4.69, 9.17) is 0 Å². The molecule has 0 aliphatic rings. The Morgan fingerprint density at radius 2 is 1.19 bits per heavy atom. The van der Waals surface area contributed by atoms with Crippen molar-refractivity contribution in [2.24, 2.45) is 0 Å².